The van der Waals surface area contributed by atoms with Crippen molar-refractivity contribution >= 4 is 20.2 Å². The Morgan fingerprint density at radius 1 is 1.11 bits per heavy atom. The Bertz CT molecular complexity index is 922. The van der Waals surface area contributed by atoms with Crippen molar-refractivity contribution in [3.63, 3.8) is 0 Å². The summed E-state index contributed by atoms with van der Waals surface area (Å²) in [5.41, 5.74) is 1.33. The average molecular weight is 522 g/mol. The topological polar surface area (TPSA) is 74.3 Å². The summed E-state index contributed by atoms with van der Waals surface area (Å²) in [6.07, 6.45) is 2.27. The fraction of sp³-hybridized carbons (Fsp3) is 0.786. The van der Waals surface area contributed by atoms with E-state index in [0.717, 1.165) is 11.1 Å². The van der Waals surface area contributed by atoms with E-state index in [2.05, 4.69) is 33.9 Å². The Balaban J connectivity index is 2.09. The van der Waals surface area contributed by atoms with Gasteiger partial charge in [0, 0.05) is 29.5 Å². The van der Waals surface area contributed by atoms with Gasteiger partial charge < -0.3 is 23.5 Å². The number of carbonyl (C=O) groups excluding carboxylic acids is 2. The highest BCUT2D eigenvalue weighted by Gasteiger charge is 2.50. The molecule has 8 heteroatoms. The molecule has 0 N–H and O–H groups in total. The molecule has 1 heterocycles. The van der Waals surface area contributed by atoms with Crippen molar-refractivity contribution in [2.24, 2.45) is 5.41 Å². The van der Waals surface area contributed by atoms with Crippen LogP contribution < -0.4 is 0 Å². The molecule has 0 radical (unpaired) electrons. The van der Waals surface area contributed by atoms with Gasteiger partial charge in [0.05, 0.1) is 13.2 Å². The first kappa shape index (κ1) is 29.1. The number of rotatable bonds is 5. The highest BCUT2D eigenvalue weighted by Crippen LogP contribution is 2.49. The standard InChI is InChI=1S/C28H47NO6Si/c1-18(2)29(19(3)4)25(31)34-24-22-13-21(30)12-20(22)14-28(16-32-27(8,9)33-17-28)15-23(24)35-36(10,11)26(5,6)7/h12,18-19,23H,13-17H2,1-11H3. The second-order valence-electron chi connectivity index (χ2n) is 13.3. The van der Waals surface area contributed by atoms with Crippen molar-refractivity contribution in [3.05, 3.63) is 23.0 Å². The number of nitrogens with zero attached hydrogens (tertiary/aromatic N) is 1. The van der Waals surface area contributed by atoms with Crippen molar-refractivity contribution in [2.45, 2.75) is 124 Å². The molecule has 0 aromatic heterocycles. The molecule has 1 aliphatic heterocycles. The fourth-order valence-corrected chi connectivity index (χ4v) is 6.31. The highest BCUT2D eigenvalue weighted by atomic mass is 28.4. The first-order chi connectivity index (χ1) is 16.4. The number of ketones is 1. The molecule has 0 aromatic rings. The van der Waals surface area contributed by atoms with Crippen LogP contribution in [0.5, 0.6) is 0 Å². The van der Waals surface area contributed by atoms with Gasteiger partial charge in [0.25, 0.3) is 0 Å². The Kier molecular flexibility index (Phi) is 8.08. The van der Waals surface area contributed by atoms with Crippen molar-refractivity contribution in [1.82, 2.24) is 4.90 Å². The van der Waals surface area contributed by atoms with E-state index in [1.54, 1.807) is 11.0 Å². The average Bonchev–Trinajstić information content (AvgIpc) is 3.01. The van der Waals surface area contributed by atoms with Crippen molar-refractivity contribution in [3.8, 4) is 0 Å². The van der Waals surface area contributed by atoms with Crippen LogP contribution in [0.1, 0.15) is 81.6 Å². The van der Waals surface area contributed by atoms with E-state index in [0.29, 0.717) is 31.8 Å². The third kappa shape index (κ3) is 6.14. The van der Waals surface area contributed by atoms with Crippen LogP contribution in [0.15, 0.2) is 23.0 Å². The maximum Gasteiger partial charge on any atom is 0.415 e. The van der Waals surface area contributed by atoms with Gasteiger partial charge >= 0.3 is 6.09 Å². The minimum atomic E-state index is -2.27. The maximum atomic E-state index is 13.5. The molecular formula is C28H47NO6Si. The van der Waals surface area contributed by atoms with E-state index in [1.807, 2.05) is 41.5 Å². The zero-order valence-corrected chi connectivity index (χ0v) is 25.2. The third-order valence-corrected chi connectivity index (χ3v) is 12.5. The molecule has 3 aliphatic rings. The second kappa shape index (κ2) is 10.0. The summed E-state index contributed by atoms with van der Waals surface area (Å²) in [4.78, 5) is 27.9. The third-order valence-electron chi connectivity index (χ3n) is 8.06. The number of hydrogen-bond acceptors (Lipinski definition) is 6. The van der Waals surface area contributed by atoms with Crippen LogP contribution in [0.3, 0.4) is 0 Å². The molecule has 1 fully saturated rings. The molecule has 0 saturated carbocycles. The molecule has 1 spiro atoms. The zero-order valence-electron chi connectivity index (χ0n) is 24.2. The van der Waals surface area contributed by atoms with Gasteiger partial charge in [-0.05, 0) is 84.2 Å². The molecule has 3 rings (SSSR count). The van der Waals surface area contributed by atoms with E-state index < -0.39 is 26.3 Å². The minimum absolute atomic E-state index is 0.0254. The fourth-order valence-electron chi connectivity index (χ4n) is 5.06. The molecule has 1 amide bonds. The second-order valence-corrected chi connectivity index (χ2v) is 18.1. The van der Waals surface area contributed by atoms with Gasteiger partial charge in [0.1, 0.15) is 11.9 Å². The predicted molar refractivity (Wildman–Crippen MR) is 143 cm³/mol. The van der Waals surface area contributed by atoms with Gasteiger partial charge in [-0.15, -0.1) is 0 Å². The van der Waals surface area contributed by atoms with Crippen LogP contribution in [-0.2, 0) is 23.4 Å². The Morgan fingerprint density at radius 2 is 1.67 bits per heavy atom. The summed E-state index contributed by atoms with van der Waals surface area (Å²) in [7, 11) is -2.27. The van der Waals surface area contributed by atoms with Crippen LogP contribution in [0, 0.1) is 5.41 Å². The van der Waals surface area contributed by atoms with Crippen molar-refractivity contribution in [1.29, 1.82) is 0 Å². The first-order valence-electron chi connectivity index (χ1n) is 13.3. The van der Waals surface area contributed by atoms with E-state index in [-0.39, 0.29) is 34.7 Å². The first-order valence-corrected chi connectivity index (χ1v) is 16.2. The molecule has 1 unspecified atom stereocenters. The Morgan fingerprint density at radius 3 is 2.17 bits per heavy atom. The smallest absolute Gasteiger partial charge is 0.412 e. The lowest BCUT2D eigenvalue weighted by Gasteiger charge is -2.46. The summed E-state index contributed by atoms with van der Waals surface area (Å²) in [5, 5.41) is -0.0418. The number of allylic oxidation sites excluding steroid dienone is 3. The largest absolute Gasteiger partial charge is 0.415 e. The van der Waals surface area contributed by atoms with Gasteiger partial charge in [0.2, 0.25) is 0 Å². The van der Waals surface area contributed by atoms with E-state index in [1.165, 1.54) is 0 Å². The lowest BCUT2D eigenvalue weighted by atomic mass is 9.78. The van der Waals surface area contributed by atoms with Gasteiger partial charge in [0.15, 0.2) is 19.9 Å². The van der Waals surface area contributed by atoms with E-state index in [9.17, 15) is 9.59 Å². The molecule has 0 bridgehead atoms. The molecule has 36 heavy (non-hydrogen) atoms. The van der Waals surface area contributed by atoms with Gasteiger partial charge in [-0.1, -0.05) is 20.8 Å². The van der Waals surface area contributed by atoms with Crippen molar-refractivity contribution < 1.29 is 28.2 Å². The predicted octanol–water partition coefficient (Wildman–Crippen LogP) is 6.35. The van der Waals surface area contributed by atoms with E-state index in [4.69, 9.17) is 18.6 Å². The summed E-state index contributed by atoms with van der Waals surface area (Å²) in [6, 6.07) is -0.0508. The number of carbonyl (C=O) groups is 2. The maximum absolute atomic E-state index is 13.5. The Hall–Kier alpha value is -1.48. The quantitative estimate of drug-likeness (QED) is 0.393. The molecule has 204 valence electrons. The van der Waals surface area contributed by atoms with Gasteiger partial charge in [-0.3, -0.25) is 4.79 Å². The van der Waals surface area contributed by atoms with E-state index >= 15 is 0 Å². The highest BCUT2D eigenvalue weighted by molar-refractivity contribution is 6.74. The van der Waals surface area contributed by atoms with Gasteiger partial charge in [-0.2, -0.15) is 0 Å². The minimum Gasteiger partial charge on any atom is -0.412 e. The number of hydrogen-bond donors (Lipinski definition) is 0. The van der Waals surface area contributed by atoms with Gasteiger partial charge in [-0.25, -0.2) is 4.79 Å². The molecule has 1 atom stereocenters. The lowest BCUT2D eigenvalue weighted by molar-refractivity contribution is -0.288. The number of ether oxygens (including phenoxy) is 3. The summed E-state index contributed by atoms with van der Waals surface area (Å²) in [6.45, 7) is 23.7. The normalized spacial score (nSPS) is 24.2. The van der Waals surface area contributed by atoms with Crippen LogP contribution in [0.2, 0.25) is 18.1 Å². The molecule has 0 aromatic carbocycles. The lowest BCUT2D eigenvalue weighted by Crippen LogP contribution is -2.50. The SMILES string of the molecule is CC(C)N(C(=O)OC1=C2CC(=O)C=C2CC2(COC(C)(C)OC2)CC1O[Si](C)(C)C(C)(C)C)C(C)C. The zero-order chi connectivity index (χ0) is 27.3. The summed E-state index contributed by atoms with van der Waals surface area (Å²) >= 11 is 0. The number of amides is 1. The van der Waals surface area contributed by atoms with Crippen LogP contribution in [0.25, 0.3) is 0 Å². The molecule has 1 saturated heterocycles. The number of fused-ring (bicyclic) bond motifs is 1. The van der Waals surface area contributed by atoms with Crippen LogP contribution >= 0.6 is 0 Å². The molecule has 7 nitrogen and oxygen atoms in total. The monoisotopic (exact) mass is 521 g/mol. The molecule has 2 aliphatic carbocycles. The molecular weight excluding hydrogens is 474 g/mol. The summed E-state index contributed by atoms with van der Waals surface area (Å²) < 4.78 is 25.5. The van der Waals surface area contributed by atoms with Crippen molar-refractivity contribution in [2.75, 3.05) is 13.2 Å². The Labute approximate surface area is 218 Å². The van der Waals surface area contributed by atoms with Crippen LogP contribution in [0.4, 0.5) is 4.79 Å². The summed E-state index contributed by atoms with van der Waals surface area (Å²) in [5.74, 6) is -0.137. The van der Waals surface area contributed by atoms with Crippen LogP contribution in [-0.4, -0.2) is 62.3 Å².